The molecule has 3 rings (SSSR count). The molecule has 1 N–H and O–H groups in total. The lowest BCUT2D eigenvalue weighted by molar-refractivity contribution is -0.132. The fourth-order valence-corrected chi connectivity index (χ4v) is 3.06. The Morgan fingerprint density at radius 2 is 2.12 bits per heavy atom. The van der Waals surface area contributed by atoms with Crippen LogP contribution in [-0.2, 0) is 24.2 Å². The van der Waals surface area contributed by atoms with Gasteiger partial charge < -0.3 is 10.2 Å². The van der Waals surface area contributed by atoms with Gasteiger partial charge in [-0.3, -0.25) is 4.79 Å². The number of unbranched alkanes of at least 4 members (excludes halogenated alkanes) is 1. The Bertz CT molecular complexity index is 702. The first-order valence-corrected chi connectivity index (χ1v) is 9.16. The molecule has 5 nitrogen and oxygen atoms in total. The minimum atomic E-state index is 0.248. The van der Waals surface area contributed by atoms with Gasteiger partial charge in [0.25, 0.3) is 0 Å². The molecule has 1 aliphatic heterocycles. The number of carbonyl (C=O) groups is 1. The highest BCUT2D eigenvalue weighted by Gasteiger charge is 2.21. The van der Waals surface area contributed by atoms with Gasteiger partial charge in [-0.15, -0.1) is 0 Å². The zero-order valence-corrected chi connectivity index (χ0v) is 14.9. The lowest BCUT2D eigenvalue weighted by Crippen LogP contribution is -2.36. The van der Waals surface area contributed by atoms with E-state index >= 15 is 0 Å². The van der Waals surface area contributed by atoms with Crippen molar-refractivity contribution in [3.8, 4) is 0 Å². The molecule has 1 aliphatic rings. The fourth-order valence-electron chi connectivity index (χ4n) is 3.06. The Kier molecular flexibility index (Phi) is 5.99. The molecule has 2 heterocycles. The van der Waals surface area contributed by atoms with Crippen molar-refractivity contribution in [2.24, 2.45) is 0 Å². The maximum atomic E-state index is 12.2. The average Bonchev–Trinajstić information content (AvgIpc) is 2.66. The highest BCUT2D eigenvalue weighted by Crippen LogP contribution is 2.19. The second kappa shape index (κ2) is 8.60. The smallest absolute Gasteiger partial charge is 0.222 e. The summed E-state index contributed by atoms with van der Waals surface area (Å²) in [6.45, 7) is 4.32. The zero-order valence-electron chi connectivity index (χ0n) is 14.9. The third kappa shape index (κ3) is 4.78. The first-order valence-electron chi connectivity index (χ1n) is 9.16. The quantitative estimate of drug-likeness (QED) is 0.842. The molecule has 1 aromatic heterocycles. The molecule has 0 spiro atoms. The van der Waals surface area contributed by atoms with Gasteiger partial charge in [0, 0.05) is 44.2 Å². The molecule has 0 radical (unpaired) electrons. The highest BCUT2D eigenvalue weighted by molar-refractivity contribution is 5.76. The van der Waals surface area contributed by atoms with Crippen LogP contribution in [0.4, 0.5) is 5.95 Å². The van der Waals surface area contributed by atoms with Crippen molar-refractivity contribution in [3.05, 3.63) is 53.3 Å². The van der Waals surface area contributed by atoms with Crippen LogP contribution in [0.3, 0.4) is 0 Å². The van der Waals surface area contributed by atoms with Crippen molar-refractivity contribution >= 4 is 11.9 Å². The van der Waals surface area contributed by atoms with Crippen LogP contribution in [-0.4, -0.2) is 33.9 Å². The van der Waals surface area contributed by atoms with Gasteiger partial charge in [0.05, 0.1) is 5.69 Å². The molecule has 1 aromatic carbocycles. The number of hydrogen-bond acceptors (Lipinski definition) is 4. The Morgan fingerprint density at radius 1 is 1.28 bits per heavy atom. The first kappa shape index (κ1) is 17.4. The summed E-state index contributed by atoms with van der Waals surface area (Å²) in [6, 6.07) is 10.4. The minimum Gasteiger partial charge on any atom is -0.354 e. The fraction of sp³-hybridized carbons (Fsp3) is 0.450. The summed E-state index contributed by atoms with van der Waals surface area (Å²) in [4.78, 5) is 23.2. The average molecular weight is 338 g/mol. The maximum Gasteiger partial charge on any atom is 0.222 e. The van der Waals surface area contributed by atoms with Crippen LogP contribution >= 0.6 is 0 Å². The second-order valence-corrected chi connectivity index (χ2v) is 6.50. The summed E-state index contributed by atoms with van der Waals surface area (Å²) >= 11 is 0. The second-order valence-electron chi connectivity index (χ2n) is 6.50. The van der Waals surface area contributed by atoms with Gasteiger partial charge >= 0.3 is 0 Å². The molecule has 0 fully saturated rings. The van der Waals surface area contributed by atoms with E-state index in [2.05, 4.69) is 46.5 Å². The molecule has 25 heavy (non-hydrogen) atoms. The summed E-state index contributed by atoms with van der Waals surface area (Å²) in [5.74, 6) is 0.929. The van der Waals surface area contributed by atoms with Crippen LogP contribution in [0.15, 0.2) is 36.5 Å². The van der Waals surface area contributed by atoms with Crippen molar-refractivity contribution < 1.29 is 4.79 Å². The van der Waals surface area contributed by atoms with E-state index in [1.807, 2.05) is 17.2 Å². The zero-order chi connectivity index (χ0) is 17.5. The van der Waals surface area contributed by atoms with Gasteiger partial charge in [0.2, 0.25) is 11.9 Å². The van der Waals surface area contributed by atoms with Crippen LogP contribution in [0, 0.1) is 0 Å². The first-order chi connectivity index (χ1) is 12.3. The summed E-state index contributed by atoms with van der Waals surface area (Å²) in [7, 11) is 0. The number of amides is 1. The molecule has 2 aromatic rings. The number of anilines is 1. The van der Waals surface area contributed by atoms with Crippen LogP contribution in [0.2, 0.25) is 0 Å². The topological polar surface area (TPSA) is 58.1 Å². The molecule has 0 unspecified atom stereocenters. The molecule has 5 heteroatoms. The Balaban J connectivity index is 1.54. The van der Waals surface area contributed by atoms with Crippen molar-refractivity contribution in [2.45, 2.75) is 45.6 Å². The lowest BCUT2D eigenvalue weighted by Gasteiger charge is -2.28. The highest BCUT2D eigenvalue weighted by atomic mass is 16.2. The van der Waals surface area contributed by atoms with E-state index in [4.69, 9.17) is 0 Å². The van der Waals surface area contributed by atoms with Crippen LogP contribution < -0.4 is 5.32 Å². The van der Waals surface area contributed by atoms with Gasteiger partial charge in [0.1, 0.15) is 0 Å². The third-order valence-electron chi connectivity index (χ3n) is 4.57. The van der Waals surface area contributed by atoms with E-state index in [0.717, 1.165) is 50.0 Å². The molecule has 0 bridgehead atoms. The molecular formula is C20H26N4O. The van der Waals surface area contributed by atoms with E-state index < -0.39 is 0 Å². The van der Waals surface area contributed by atoms with E-state index in [1.54, 1.807) is 0 Å². The number of rotatable bonds is 7. The number of fused-ring (bicyclic) bond motifs is 1. The van der Waals surface area contributed by atoms with Crippen molar-refractivity contribution in [2.75, 3.05) is 18.4 Å². The third-order valence-corrected chi connectivity index (χ3v) is 4.57. The number of nitrogens with zero attached hydrogens (tertiary/aromatic N) is 3. The normalized spacial score (nSPS) is 13.4. The van der Waals surface area contributed by atoms with Gasteiger partial charge in [-0.05, 0) is 18.4 Å². The standard InChI is InChI=1S/C20H26N4O/c1-2-3-9-19(25)24-13-11-18-17(15-24)14-22-20(23-18)21-12-10-16-7-5-4-6-8-16/h4-8,14H,2-3,9-13,15H2,1H3,(H,21,22,23). The van der Waals surface area contributed by atoms with E-state index in [9.17, 15) is 4.79 Å². The van der Waals surface area contributed by atoms with Gasteiger partial charge in [-0.1, -0.05) is 43.7 Å². The largest absolute Gasteiger partial charge is 0.354 e. The molecular weight excluding hydrogens is 312 g/mol. The van der Waals surface area contributed by atoms with Gasteiger partial charge in [-0.25, -0.2) is 9.97 Å². The number of nitrogens with one attached hydrogen (secondary N) is 1. The van der Waals surface area contributed by atoms with Crippen LogP contribution in [0.5, 0.6) is 0 Å². The maximum absolute atomic E-state index is 12.2. The molecule has 0 aliphatic carbocycles. The summed E-state index contributed by atoms with van der Waals surface area (Å²) in [5.41, 5.74) is 3.44. The van der Waals surface area contributed by atoms with E-state index in [0.29, 0.717) is 18.9 Å². The lowest BCUT2D eigenvalue weighted by atomic mass is 10.1. The van der Waals surface area contributed by atoms with E-state index in [-0.39, 0.29) is 5.91 Å². The molecule has 0 atom stereocenters. The van der Waals surface area contributed by atoms with Gasteiger partial charge in [0.15, 0.2) is 0 Å². The van der Waals surface area contributed by atoms with Crippen molar-refractivity contribution in [1.82, 2.24) is 14.9 Å². The minimum absolute atomic E-state index is 0.248. The molecule has 0 saturated heterocycles. The Labute approximate surface area is 149 Å². The van der Waals surface area contributed by atoms with Gasteiger partial charge in [-0.2, -0.15) is 0 Å². The Hall–Kier alpha value is -2.43. The number of aromatic nitrogens is 2. The molecule has 0 saturated carbocycles. The number of carbonyl (C=O) groups excluding carboxylic acids is 1. The molecule has 132 valence electrons. The van der Waals surface area contributed by atoms with Crippen molar-refractivity contribution in [1.29, 1.82) is 0 Å². The Morgan fingerprint density at radius 3 is 2.92 bits per heavy atom. The summed E-state index contributed by atoms with van der Waals surface area (Å²) < 4.78 is 0. The van der Waals surface area contributed by atoms with E-state index in [1.165, 1.54) is 5.56 Å². The van der Waals surface area contributed by atoms with Crippen LogP contribution in [0.1, 0.15) is 43.0 Å². The predicted molar refractivity (Wildman–Crippen MR) is 99.3 cm³/mol. The van der Waals surface area contributed by atoms with Crippen molar-refractivity contribution in [3.63, 3.8) is 0 Å². The summed E-state index contributed by atoms with van der Waals surface area (Å²) in [6.07, 6.45) is 6.28. The number of hydrogen-bond donors (Lipinski definition) is 1. The predicted octanol–water partition coefficient (Wildman–Crippen LogP) is 3.21. The van der Waals surface area contributed by atoms with Crippen LogP contribution in [0.25, 0.3) is 0 Å². The monoisotopic (exact) mass is 338 g/mol. The number of benzene rings is 1. The SMILES string of the molecule is CCCCC(=O)N1CCc2nc(NCCc3ccccc3)ncc2C1. The summed E-state index contributed by atoms with van der Waals surface area (Å²) in [5, 5.41) is 3.30. The molecule has 1 amide bonds.